The largest absolute Gasteiger partial charge is 0.307 e. The predicted octanol–water partition coefficient (Wildman–Crippen LogP) is 3.05. The molecule has 0 unspecified atom stereocenters. The van der Waals surface area contributed by atoms with E-state index in [1.807, 2.05) is 54.3 Å². The highest BCUT2D eigenvalue weighted by Gasteiger charge is 2.08. The van der Waals surface area contributed by atoms with Crippen LogP contribution in [0.5, 0.6) is 0 Å². The van der Waals surface area contributed by atoms with Crippen LogP contribution in [0.25, 0.3) is 11.5 Å². The fraction of sp³-hybridized carbons (Fsp3) is 0.150. The summed E-state index contributed by atoms with van der Waals surface area (Å²) in [5.41, 5.74) is 3.44. The van der Waals surface area contributed by atoms with Crippen LogP contribution >= 0.6 is 0 Å². The van der Waals surface area contributed by atoms with E-state index in [-0.39, 0.29) is 0 Å². The zero-order valence-corrected chi connectivity index (χ0v) is 14.6. The number of aromatic nitrogens is 5. The van der Waals surface area contributed by atoms with Crippen LogP contribution in [0.15, 0.2) is 73.6 Å². The summed E-state index contributed by atoms with van der Waals surface area (Å²) < 4.78 is 4.08. The zero-order valence-electron chi connectivity index (χ0n) is 14.6. The number of nitrogens with one attached hydrogen (secondary N) is 1. The maximum atomic E-state index is 4.47. The number of benzene rings is 1. The molecule has 0 fully saturated rings. The fourth-order valence-corrected chi connectivity index (χ4v) is 2.99. The van der Waals surface area contributed by atoms with Crippen molar-refractivity contribution in [3.05, 3.63) is 90.7 Å². The van der Waals surface area contributed by atoms with Crippen LogP contribution in [0.3, 0.4) is 0 Å². The van der Waals surface area contributed by atoms with Crippen LogP contribution in [-0.4, -0.2) is 24.1 Å². The van der Waals surface area contributed by atoms with Gasteiger partial charge in [-0.1, -0.05) is 18.2 Å². The van der Waals surface area contributed by atoms with Crippen LogP contribution in [0, 0.1) is 6.92 Å². The molecule has 0 spiro atoms. The average Bonchev–Trinajstić information content (AvgIpc) is 3.33. The summed E-state index contributed by atoms with van der Waals surface area (Å²) >= 11 is 0. The average molecular weight is 344 g/mol. The summed E-state index contributed by atoms with van der Waals surface area (Å²) in [4.78, 5) is 12.9. The van der Waals surface area contributed by atoms with Crippen LogP contribution in [0.1, 0.15) is 17.1 Å². The summed E-state index contributed by atoms with van der Waals surface area (Å²) in [5, 5.41) is 3.50. The van der Waals surface area contributed by atoms with E-state index in [1.165, 1.54) is 5.56 Å². The molecule has 0 saturated heterocycles. The summed E-state index contributed by atoms with van der Waals surface area (Å²) in [6.45, 7) is 3.51. The summed E-state index contributed by atoms with van der Waals surface area (Å²) in [5.74, 6) is 1.85. The van der Waals surface area contributed by atoms with Gasteiger partial charge in [0.2, 0.25) is 0 Å². The van der Waals surface area contributed by atoms with E-state index in [9.17, 15) is 0 Å². The normalized spacial score (nSPS) is 11.0. The Bertz CT molecular complexity index is 973. The Kier molecular flexibility index (Phi) is 4.57. The van der Waals surface area contributed by atoms with E-state index in [2.05, 4.69) is 43.0 Å². The number of para-hydroxylation sites is 1. The van der Waals surface area contributed by atoms with Crippen molar-refractivity contribution in [1.82, 2.24) is 29.4 Å². The second-order valence-corrected chi connectivity index (χ2v) is 6.06. The Balaban J connectivity index is 1.46. The van der Waals surface area contributed by atoms with Crippen LogP contribution in [-0.2, 0) is 13.1 Å². The summed E-state index contributed by atoms with van der Waals surface area (Å²) in [6, 6.07) is 14.4. The molecular weight excluding hydrogens is 324 g/mol. The Morgan fingerprint density at radius 2 is 1.88 bits per heavy atom. The minimum atomic E-state index is 0.735. The molecule has 0 bridgehead atoms. The number of rotatable bonds is 6. The molecule has 0 radical (unpaired) electrons. The van der Waals surface area contributed by atoms with Gasteiger partial charge in [-0.15, -0.1) is 0 Å². The van der Waals surface area contributed by atoms with Gasteiger partial charge < -0.3 is 5.32 Å². The first-order chi connectivity index (χ1) is 12.8. The second kappa shape index (κ2) is 7.33. The molecule has 3 heterocycles. The second-order valence-electron chi connectivity index (χ2n) is 6.06. The minimum absolute atomic E-state index is 0.735. The molecule has 4 rings (SSSR count). The third-order valence-electron chi connectivity index (χ3n) is 4.24. The maximum absolute atomic E-state index is 4.47. The lowest BCUT2D eigenvalue weighted by Crippen LogP contribution is -2.16. The van der Waals surface area contributed by atoms with Gasteiger partial charge in [0.1, 0.15) is 18.0 Å². The van der Waals surface area contributed by atoms with Gasteiger partial charge in [0.05, 0.1) is 11.9 Å². The smallest absolute Gasteiger partial charge is 0.138 e. The molecule has 0 aliphatic rings. The molecule has 0 amide bonds. The van der Waals surface area contributed by atoms with Gasteiger partial charge in [0.25, 0.3) is 0 Å². The van der Waals surface area contributed by atoms with Gasteiger partial charge in [-0.2, -0.15) is 0 Å². The molecule has 1 N–H and O–H groups in total. The van der Waals surface area contributed by atoms with Gasteiger partial charge in [-0.05, 0) is 36.8 Å². The third-order valence-corrected chi connectivity index (χ3v) is 4.24. The van der Waals surface area contributed by atoms with E-state index in [0.29, 0.717) is 0 Å². The molecule has 130 valence electrons. The lowest BCUT2D eigenvalue weighted by Gasteiger charge is -2.11. The molecular formula is C20H20N6. The van der Waals surface area contributed by atoms with Crippen molar-refractivity contribution in [1.29, 1.82) is 0 Å². The SMILES string of the molecule is Cc1ncc(CNCc2ccnc(-n3ccnc3)c2)n1-c1ccccc1. The molecule has 0 aliphatic heterocycles. The fourth-order valence-electron chi connectivity index (χ4n) is 2.99. The number of nitrogens with zero attached hydrogens (tertiary/aromatic N) is 5. The first kappa shape index (κ1) is 16.2. The predicted molar refractivity (Wildman–Crippen MR) is 100 cm³/mol. The van der Waals surface area contributed by atoms with E-state index >= 15 is 0 Å². The van der Waals surface area contributed by atoms with Gasteiger partial charge >= 0.3 is 0 Å². The van der Waals surface area contributed by atoms with Crippen molar-refractivity contribution < 1.29 is 0 Å². The molecule has 0 saturated carbocycles. The summed E-state index contributed by atoms with van der Waals surface area (Å²) in [7, 11) is 0. The van der Waals surface area contributed by atoms with E-state index in [4.69, 9.17) is 0 Å². The van der Waals surface area contributed by atoms with Gasteiger partial charge in [-0.3, -0.25) is 9.13 Å². The maximum Gasteiger partial charge on any atom is 0.138 e. The topological polar surface area (TPSA) is 60.6 Å². The Labute approximate surface area is 152 Å². The lowest BCUT2D eigenvalue weighted by atomic mass is 10.2. The number of imidazole rings is 2. The van der Waals surface area contributed by atoms with Crippen molar-refractivity contribution in [3.63, 3.8) is 0 Å². The van der Waals surface area contributed by atoms with Crippen molar-refractivity contribution >= 4 is 0 Å². The van der Waals surface area contributed by atoms with Crippen LogP contribution in [0.2, 0.25) is 0 Å². The number of pyridine rings is 1. The molecule has 3 aromatic heterocycles. The zero-order chi connectivity index (χ0) is 17.8. The number of aryl methyl sites for hydroxylation is 1. The van der Waals surface area contributed by atoms with Crippen molar-refractivity contribution in [2.24, 2.45) is 0 Å². The highest BCUT2D eigenvalue weighted by molar-refractivity contribution is 5.35. The Morgan fingerprint density at radius 1 is 1.00 bits per heavy atom. The lowest BCUT2D eigenvalue weighted by molar-refractivity contribution is 0.666. The van der Waals surface area contributed by atoms with Gasteiger partial charge in [0, 0.05) is 37.4 Å². The number of hydrogen-bond acceptors (Lipinski definition) is 4. The minimum Gasteiger partial charge on any atom is -0.307 e. The number of hydrogen-bond donors (Lipinski definition) is 1. The quantitative estimate of drug-likeness (QED) is 0.584. The van der Waals surface area contributed by atoms with E-state index < -0.39 is 0 Å². The van der Waals surface area contributed by atoms with E-state index in [1.54, 1.807) is 12.5 Å². The Morgan fingerprint density at radius 3 is 2.69 bits per heavy atom. The standard InChI is InChI=1S/C20H20N6/c1-16-24-14-19(26(16)18-5-3-2-4-6-18)13-22-12-17-7-8-23-20(11-17)25-10-9-21-15-25/h2-11,14-15,22H,12-13H2,1H3. The molecule has 4 aromatic rings. The summed E-state index contributed by atoms with van der Waals surface area (Å²) in [6.07, 6.45) is 9.14. The molecule has 0 atom stereocenters. The first-order valence-electron chi connectivity index (χ1n) is 8.54. The third kappa shape index (κ3) is 3.41. The monoisotopic (exact) mass is 344 g/mol. The van der Waals surface area contributed by atoms with Crippen molar-refractivity contribution in [3.8, 4) is 11.5 Å². The molecule has 26 heavy (non-hydrogen) atoms. The van der Waals surface area contributed by atoms with Crippen molar-refractivity contribution in [2.75, 3.05) is 0 Å². The highest BCUT2D eigenvalue weighted by Crippen LogP contribution is 2.14. The van der Waals surface area contributed by atoms with Gasteiger partial charge in [0.15, 0.2) is 0 Å². The molecule has 0 aliphatic carbocycles. The molecule has 6 nitrogen and oxygen atoms in total. The van der Waals surface area contributed by atoms with Crippen molar-refractivity contribution in [2.45, 2.75) is 20.0 Å². The Hall–Kier alpha value is -3.25. The molecule has 6 heteroatoms. The van der Waals surface area contributed by atoms with Crippen LogP contribution < -0.4 is 5.32 Å². The van der Waals surface area contributed by atoms with Crippen LogP contribution in [0.4, 0.5) is 0 Å². The van der Waals surface area contributed by atoms with E-state index in [0.717, 1.165) is 36.1 Å². The molecule has 1 aromatic carbocycles. The highest BCUT2D eigenvalue weighted by atomic mass is 15.1. The van der Waals surface area contributed by atoms with Gasteiger partial charge in [-0.25, -0.2) is 15.0 Å². The first-order valence-corrected chi connectivity index (χ1v) is 8.54.